The molecule has 0 saturated carbocycles. The van der Waals surface area contributed by atoms with Crippen LogP contribution >= 0.6 is 0 Å². The van der Waals surface area contributed by atoms with Gasteiger partial charge in [0.1, 0.15) is 0 Å². The van der Waals surface area contributed by atoms with E-state index in [1.165, 1.54) is 0 Å². The number of carbonyl (C=O) groups is 2. The van der Waals surface area contributed by atoms with Crippen LogP contribution < -0.4 is 10.7 Å². The molecule has 5 nitrogen and oxygen atoms in total. The molecule has 0 heterocycles. The number of hydrazine groups is 1. The molecule has 0 atom stereocenters. The largest absolute Gasteiger partial charge is 0.341 e. The average Bonchev–Trinajstić information content (AvgIpc) is 2.59. The van der Waals surface area contributed by atoms with Crippen LogP contribution in [0.2, 0.25) is 0 Å². The lowest BCUT2D eigenvalue weighted by Crippen LogP contribution is -2.57. The van der Waals surface area contributed by atoms with Crippen molar-refractivity contribution in [3.05, 3.63) is 65.5 Å². The predicted octanol–water partition coefficient (Wildman–Crippen LogP) is 4.08. The molecule has 0 spiro atoms. The highest BCUT2D eigenvalue weighted by Gasteiger charge is 2.30. The van der Waals surface area contributed by atoms with E-state index in [1.54, 1.807) is 51.1 Å². The molecule has 0 bridgehead atoms. The Balaban J connectivity index is 2.23. The van der Waals surface area contributed by atoms with Crippen LogP contribution in [0.4, 0.5) is 23.7 Å². The van der Waals surface area contributed by atoms with Gasteiger partial charge in [0.25, 0.3) is 5.91 Å². The van der Waals surface area contributed by atoms with E-state index in [0.717, 1.165) is 11.1 Å². The first-order chi connectivity index (χ1) is 12.1. The van der Waals surface area contributed by atoms with Crippen molar-refractivity contribution in [2.24, 2.45) is 0 Å². The minimum Gasteiger partial charge on any atom is -0.304 e. The number of hydrogen-bond acceptors (Lipinski definition) is 2. The molecule has 0 aliphatic carbocycles. The van der Waals surface area contributed by atoms with E-state index in [1.807, 2.05) is 0 Å². The van der Waals surface area contributed by atoms with Gasteiger partial charge in [-0.1, -0.05) is 18.2 Å². The maximum absolute atomic E-state index is 13.8. The number of anilines is 1. The lowest BCUT2D eigenvalue weighted by atomic mass is 10.1. The zero-order valence-electron chi connectivity index (χ0n) is 14.4. The van der Waals surface area contributed by atoms with Crippen LogP contribution in [-0.4, -0.2) is 22.5 Å². The molecule has 138 valence electrons. The van der Waals surface area contributed by atoms with Crippen LogP contribution in [0.5, 0.6) is 0 Å². The smallest absolute Gasteiger partial charge is 0.304 e. The van der Waals surface area contributed by atoms with Gasteiger partial charge < -0.3 is 5.32 Å². The number of halogens is 3. The van der Waals surface area contributed by atoms with Gasteiger partial charge in [0.15, 0.2) is 17.5 Å². The number of amides is 3. The fourth-order valence-corrected chi connectivity index (χ4v) is 2.07. The van der Waals surface area contributed by atoms with Gasteiger partial charge in [-0.15, -0.1) is 0 Å². The molecule has 0 saturated heterocycles. The second-order valence-electron chi connectivity index (χ2n) is 6.47. The highest BCUT2D eigenvalue weighted by Crippen LogP contribution is 2.21. The SMILES string of the molecule is CC(C)(C)N(NC(=O)c1ccccc1)C(=O)Nc1ccc(F)c(F)c1F. The third-order valence-corrected chi connectivity index (χ3v) is 3.40. The minimum absolute atomic E-state index is 0.313. The van der Waals surface area contributed by atoms with E-state index < -0.39 is 40.6 Å². The maximum Gasteiger partial charge on any atom is 0.341 e. The number of hydrogen-bond donors (Lipinski definition) is 2. The molecule has 0 aliphatic rings. The zero-order chi connectivity index (χ0) is 19.5. The first-order valence-electron chi connectivity index (χ1n) is 7.72. The topological polar surface area (TPSA) is 61.4 Å². The second kappa shape index (κ2) is 7.47. The zero-order valence-corrected chi connectivity index (χ0v) is 14.4. The highest BCUT2D eigenvalue weighted by molar-refractivity contribution is 5.97. The highest BCUT2D eigenvalue weighted by atomic mass is 19.2. The van der Waals surface area contributed by atoms with Gasteiger partial charge >= 0.3 is 6.03 Å². The van der Waals surface area contributed by atoms with Crippen LogP contribution in [0.3, 0.4) is 0 Å². The number of carbonyl (C=O) groups excluding carboxylic acids is 2. The fraction of sp³-hybridized carbons (Fsp3) is 0.222. The summed E-state index contributed by atoms with van der Waals surface area (Å²) in [6.45, 7) is 4.92. The minimum atomic E-state index is -1.70. The van der Waals surface area contributed by atoms with Crippen molar-refractivity contribution in [1.82, 2.24) is 10.4 Å². The van der Waals surface area contributed by atoms with E-state index in [4.69, 9.17) is 0 Å². The molecule has 0 aliphatic heterocycles. The van der Waals surface area contributed by atoms with Crippen molar-refractivity contribution in [3.63, 3.8) is 0 Å². The molecule has 8 heteroatoms. The van der Waals surface area contributed by atoms with E-state index in [2.05, 4.69) is 10.7 Å². The van der Waals surface area contributed by atoms with Gasteiger partial charge in [0.05, 0.1) is 11.2 Å². The lowest BCUT2D eigenvalue weighted by Gasteiger charge is -2.35. The van der Waals surface area contributed by atoms with Crippen LogP contribution in [0.1, 0.15) is 31.1 Å². The second-order valence-corrected chi connectivity index (χ2v) is 6.47. The lowest BCUT2D eigenvalue weighted by molar-refractivity contribution is 0.0687. The molecule has 0 aromatic heterocycles. The van der Waals surface area contributed by atoms with Crippen molar-refractivity contribution in [1.29, 1.82) is 0 Å². The molecule has 2 aromatic rings. The van der Waals surface area contributed by atoms with Gasteiger partial charge in [0, 0.05) is 5.56 Å². The molecule has 0 unspecified atom stereocenters. The molecule has 2 aromatic carbocycles. The summed E-state index contributed by atoms with van der Waals surface area (Å²) >= 11 is 0. The number of urea groups is 1. The summed E-state index contributed by atoms with van der Waals surface area (Å²) in [6.07, 6.45) is 0. The van der Waals surface area contributed by atoms with Crippen LogP contribution in [0.25, 0.3) is 0 Å². The molecular weight excluding hydrogens is 347 g/mol. The van der Waals surface area contributed by atoms with Gasteiger partial charge in [-0.25, -0.2) is 23.0 Å². The summed E-state index contributed by atoms with van der Waals surface area (Å²) < 4.78 is 40.1. The summed E-state index contributed by atoms with van der Waals surface area (Å²) in [4.78, 5) is 24.8. The molecule has 0 radical (unpaired) electrons. The van der Waals surface area contributed by atoms with Crippen LogP contribution in [0, 0.1) is 17.5 Å². The fourth-order valence-electron chi connectivity index (χ4n) is 2.07. The van der Waals surface area contributed by atoms with Crippen molar-refractivity contribution in [3.8, 4) is 0 Å². The Labute approximate surface area is 148 Å². The number of benzene rings is 2. The van der Waals surface area contributed by atoms with Crippen molar-refractivity contribution in [2.75, 3.05) is 5.32 Å². The first kappa shape index (κ1) is 19.3. The average molecular weight is 365 g/mol. The summed E-state index contributed by atoms with van der Waals surface area (Å²) in [5.74, 6) is -5.15. The Kier molecular flexibility index (Phi) is 5.54. The van der Waals surface area contributed by atoms with Gasteiger partial charge in [-0.05, 0) is 45.0 Å². The number of rotatable bonds is 2. The third kappa shape index (κ3) is 4.33. The van der Waals surface area contributed by atoms with Gasteiger partial charge in [-0.3, -0.25) is 10.2 Å². The van der Waals surface area contributed by atoms with E-state index in [9.17, 15) is 22.8 Å². The molecule has 0 fully saturated rings. The van der Waals surface area contributed by atoms with Crippen LogP contribution in [-0.2, 0) is 0 Å². The Hall–Kier alpha value is -3.03. The Morgan fingerprint density at radius 2 is 1.54 bits per heavy atom. The first-order valence-corrected chi connectivity index (χ1v) is 7.72. The summed E-state index contributed by atoms with van der Waals surface area (Å²) in [7, 11) is 0. The third-order valence-electron chi connectivity index (χ3n) is 3.40. The van der Waals surface area contributed by atoms with Crippen molar-refractivity contribution < 1.29 is 22.8 Å². The van der Waals surface area contributed by atoms with Crippen molar-refractivity contribution >= 4 is 17.6 Å². The Morgan fingerprint density at radius 1 is 0.923 bits per heavy atom. The summed E-state index contributed by atoms with van der Waals surface area (Å²) in [5.41, 5.74) is 1.31. The molecule has 26 heavy (non-hydrogen) atoms. The molecular formula is C18H18F3N3O2. The Bertz CT molecular complexity index is 820. The van der Waals surface area contributed by atoms with E-state index in [0.29, 0.717) is 11.6 Å². The van der Waals surface area contributed by atoms with E-state index >= 15 is 0 Å². The summed E-state index contributed by atoms with van der Waals surface area (Å²) in [6, 6.07) is 8.85. The molecule has 2 N–H and O–H groups in total. The number of nitrogens with one attached hydrogen (secondary N) is 2. The van der Waals surface area contributed by atoms with Crippen molar-refractivity contribution in [2.45, 2.75) is 26.3 Å². The molecule has 3 amide bonds. The van der Waals surface area contributed by atoms with Gasteiger partial charge in [0.2, 0.25) is 0 Å². The maximum atomic E-state index is 13.8. The van der Waals surface area contributed by atoms with E-state index in [-0.39, 0.29) is 0 Å². The monoisotopic (exact) mass is 365 g/mol. The number of nitrogens with zero attached hydrogens (tertiary/aromatic N) is 1. The van der Waals surface area contributed by atoms with Crippen LogP contribution in [0.15, 0.2) is 42.5 Å². The predicted molar refractivity (Wildman–Crippen MR) is 90.8 cm³/mol. The normalized spacial score (nSPS) is 11.0. The molecule has 2 rings (SSSR count). The standard InChI is InChI=1S/C18H18F3N3O2/c1-18(2,3)24(23-16(25)11-7-5-4-6-8-11)17(26)22-13-10-9-12(19)14(20)15(13)21/h4-10H,1-3H3,(H,22,26)(H,23,25). The van der Waals surface area contributed by atoms with Gasteiger partial charge in [-0.2, -0.15) is 0 Å². The quantitative estimate of drug-likeness (QED) is 0.622. The summed E-state index contributed by atoms with van der Waals surface area (Å²) in [5, 5.41) is 3.08. The Morgan fingerprint density at radius 3 is 2.12 bits per heavy atom.